The average Bonchev–Trinajstić information content (AvgIpc) is 2.98. The number of hydrogen-bond acceptors (Lipinski definition) is 4. The topological polar surface area (TPSA) is 67.5 Å². The number of hydrogen-bond donors (Lipinski definition) is 1. The summed E-state index contributed by atoms with van der Waals surface area (Å²) < 4.78 is 13.0. The Morgan fingerprint density at radius 3 is 2.76 bits per heavy atom. The number of aliphatic hydroxyl groups is 1. The highest BCUT2D eigenvalue weighted by Crippen LogP contribution is 2.36. The molecule has 1 aliphatic carbocycles. The van der Waals surface area contributed by atoms with Crippen molar-refractivity contribution in [2.45, 2.75) is 31.3 Å². The summed E-state index contributed by atoms with van der Waals surface area (Å²) in [6.07, 6.45) is 0.0790. The van der Waals surface area contributed by atoms with E-state index < -0.39 is 11.7 Å². The first-order valence-electron chi connectivity index (χ1n) is 8.88. The molecule has 1 saturated carbocycles. The van der Waals surface area contributed by atoms with Crippen molar-refractivity contribution in [3.05, 3.63) is 81.7 Å². The van der Waals surface area contributed by atoms with E-state index in [1.807, 2.05) is 12.1 Å². The second kappa shape index (κ2) is 6.30. The van der Waals surface area contributed by atoms with Crippen molar-refractivity contribution in [1.82, 2.24) is 0 Å². The smallest absolute Gasteiger partial charge is 0.336 e. The van der Waals surface area contributed by atoms with E-state index in [1.54, 1.807) is 36.4 Å². The maximum absolute atomic E-state index is 13.1. The SMILES string of the molecule is [2H]C1CC(O)C(c2ccccc2C(=O)c2ccc3oc(=O)ccc3c2)C1. The Morgan fingerprint density at radius 2 is 1.96 bits per heavy atom. The molecule has 25 heavy (non-hydrogen) atoms. The molecular formula is C21H18O4. The Balaban J connectivity index is 1.75. The summed E-state index contributed by atoms with van der Waals surface area (Å²) in [5.74, 6) is -0.342. The first-order valence-corrected chi connectivity index (χ1v) is 8.31. The highest BCUT2D eigenvalue weighted by molar-refractivity contribution is 6.11. The Morgan fingerprint density at radius 1 is 1.12 bits per heavy atom. The molecule has 4 nitrogen and oxygen atoms in total. The van der Waals surface area contributed by atoms with Crippen molar-refractivity contribution >= 4 is 16.8 Å². The van der Waals surface area contributed by atoms with Gasteiger partial charge < -0.3 is 9.52 Å². The van der Waals surface area contributed by atoms with Crippen LogP contribution in [0.5, 0.6) is 0 Å². The second-order valence-electron chi connectivity index (χ2n) is 6.36. The maximum atomic E-state index is 13.1. The van der Waals surface area contributed by atoms with E-state index in [0.717, 1.165) is 5.56 Å². The van der Waals surface area contributed by atoms with Gasteiger partial charge in [0.15, 0.2) is 5.78 Å². The monoisotopic (exact) mass is 335 g/mol. The van der Waals surface area contributed by atoms with Gasteiger partial charge in [0.1, 0.15) is 5.58 Å². The number of aliphatic hydroxyl groups excluding tert-OH is 1. The van der Waals surface area contributed by atoms with Crippen LogP contribution in [0.3, 0.4) is 0 Å². The van der Waals surface area contributed by atoms with Crippen LogP contribution < -0.4 is 5.63 Å². The van der Waals surface area contributed by atoms with Gasteiger partial charge in [-0.1, -0.05) is 30.7 Å². The first-order chi connectivity index (χ1) is 12.5. The van der Waals surface area contributed by atoms with Crippen molar-refractivity contribution in [3.63, 3.8) is 0 Å². The van der Waals surface area contributed by atoms with Crippen LogP contribution in [0, 0.1) is 0 Å². The van der Waals surface area contributed by atoms with E-state index in [0.29, 0.717) is 34.9 Å². The highest BCUT2D eigenvalue weighted by atomic mass is 16.4. The molecular weight excluding hydrogens is 316 g/mol. The molecule has 4 rings (SSSR count). The summed E-state index contributed by atoms with van der Waals surface area (Å²) in [5.41, 5.74) is 1.84. The minimum atomic E-state index is -0.600. The molecule has 2 aromatic carbocycles. The van der Waals surface area contributed by atoms with Crippen LogP contribution in [0.15, 0.2) is 63.8 Å². The van der Waals surface area contributed by atoms with Gasteiger partial charge in [-0.3, -0.25) is 4.79 Å². The van der Waals surface area contributed by atoms with E-state index in [1.165, 1.54) is 6.07 Å². The van der Waals surface area contributed by atoms with Gasteiger partial charge in [0.25, 0.3) is 0 Å². The quantitative estimate of drug-likeness (QED) is 0.586. The number of fused-ring (bicyclic) bond motifs is 1. The van der Waals surface area contributed by atoms with Gasteiger partial charge in [-0.25, -0.2) is 4.79 Å². The summed E-state index contributed by atoms with van der Waals surface area (Å²) >= 11 is 0. The fraction of sp³-hybridized carbons (Fsp3) is 0.238. The van der Waals surface area contributed by atoms with E-state index in [9.17, 15) is 14.7 Å². The molecule has 0 bridgehead atoms. The van der Waals surface area contributed by atoms with Crippen LogP contribution in [0.4, 0.5) is 0 Å². The summed E-state index contributed by atoms with van der Waals surface area (Å²) in [7, 11) is 0. The van der Waals surface area contributed by atoms with Crippen LogP contribution in [0.25, 0.3) is 11.0 Å². The molecule has 0 aliphatic heterocycles. The lowest BCUT2D eigenvalue weighted by Gasteiger charge is -2.18. The zero-order chi connectivity index (χ0) is 18.3. The van der Waals surface area contributed by atoms with Crippen LogP contribution >= 0.6 is 0 Å². The van der Waals surface area contributed by atoms with Gasteiger partial charge in [-0.2, -0.15) is 0 Å². The van der Waals surface area contributed by atoms with Crippen molar-refractivity contribution in [3.8, 4) is 0 Å². The highest BCUT2D eigenvalue weighted by Gasteiger charge is 2.29. The Hall–Kier alpha value is -2.72. The number of rotatable bonds is 3. The van der Waals surface area contributed by atoms with Crippen molar-refractivity contribution in [2.24, 2.45) is 0 Å². The van der Waals surface area contributed by atoms with E-state index in [4.69, 9.17) is 5.79 Å². The largest absolute Gasteiger partial charge is 0.423 e. The predicted molar refractivity (Wildman–Crippen MR) is 95.0 cm³/mol. The molecule has 4 heteroatoms. The van der Waals surface area contributed by atoms with E-state index >= 15 is 0 Å². The fourth-order valence-corrected chi connectivity index (χ4v) is 3.50. The van der Waals surface area contributed by atoms with Crippen LogP contribution in [-0.2, 0) is 0 Å². The first kappa shape index (κ1) is 14.6. The normalized spacial score (nSPS) is 23.6. The van der Waals surface area contributed by atoms with Crippen LogP contribution in [0.1, 0.15) is 48.0 Å². The predicted octanol–water partition coefficient (Wildman–Crippen LogP) is 3.65. The molecule has 1 aromatic heterocycles. The fourth-order valence-electron chi connectivity index (χ4n) is 3.50. The second-order valence-corrected chi connectivity index (χ2v) is 6.36. The van der Waals surface area contributed by atoms with Crippen molar-refractivity contribution < 1.29 is 15.7 Å². The molecule has 1 aliphatic rings. The van der Waals surface area contributed by atoms with Gasteiger partial charge in [-0.05, 0) is 42.7 Å². The van der Waals surface area contributed by atoms with Crippen molar-refractivity contribution in [2.75, 3.05) is 0 Å². The molecule has 1 fully saturated rings. The number of carbonyl (C=O) groups is 1. The molecule has 1 N–H and O–H groups in total. The molecule has 3 unspecified atom stereocenters. The summed E-state index contributed by atoms with van der Waals surface area (Å²) in [5, 5.41) is 11.0. The standard InChI is InChI=1S/C21H18O4/c22-18-7-3-6-16(18)15-4-1-2-5-17(15)21(24)14-8-10-19-13(12-14)9-11-20(23)25-19/h1-2,4-5,8-12,16,18,22H,3,6-7H2/i3D. The number of carbonyl (C=O) groups excluding carboxylic acids is 1. The molecule has 0 saturated heterocycles. The molecule has 1 heterocycles. The molecule has 0 amide bonds. The Labute approximate surface area is 146 Å². The van der Waals surface area contributed by atoms with Gasteiger partial charge in [0.2, 0.25) is 0 Å². The Kier molecular flexibility index (Phi) is 3.68. The lowest BCUT2D eigenvalue weighted by Crippen LogP contribution is -2.15. The van der Waals surface area contributed by atoms with Gasteiger partial charge in [-0.15, -0.1) is 0 Å². The molecule has 0 spiro atoms. The van der Waals surface area contributed by atoms with Gasteiger partial charge in [0, 0.05) is 29.9 Å². The van der Waals surface area contributed by atoms with Crippen LogP contribution in [-0.4, -0.2) is 17.0 Å². The minimum absolute atomic E-state index is 0.144. The number of ketones is 1. The lowest BCUT2D eigenvalue weighted by atomic mass is 9.88. The third-order valence-electron chi connectivity index (χ3n) is 4.78. The van der Waals surface area contributed by atoms with Gasteiger partial charge >= 0.3 is 5.63 Å². The molecule has 3 atom stereocenters. The molecule has 3 aromatic rings. The summed E-state index contributed by atoms with van der Waals surface area (Å²) in [4.78, 5) is 24.4. The third-order valence-corrected chi connectivity index (χ3v) is 4.78. The number of benzene rings is 2. The zero-order valence-corrected chi connectivity index (χ0v) is 13.5. The third kappa shape index (κ3) is 2.89. The van der Waals surface area contributed by atoms with Crippen LogP contribution in [0.2, 0.25) is 0 Å². The molecule has 126 valence electrons. The zero-order valence-electron chi connectivity index (χ0n) is 14.5. The summed E-state index contributed by atoms with van der Waals surface area (Å²) in [6.45, 7) is 0. The average molecular weight is 335 g/mol. The van der Waals surface area contributed by atoms with Crippen molar-refractivity contribution in [1.29, 1.82) is 0 Å². The molecule has 0 radical (unpaired) electrons. The Bertz CT molecular complexity index is 1040. The van der Waals surface area contributed by atoms with E-state index in [-0.39, 0.29) is 18.1 Å². The van der Waals surface area contributed by atoms with E-state index in [2.05, 4.69) is 0 Å². The minimum Gasteiger partial charge on any atom is -0.423 e. The maximum Gasteiger partial charge on any atom is 0.336 e. The summed E-state index contributed by atoms with van der Waals surface area (Å²) in [6, 6.07) is 15.2. The lowest BCUT2D eigenvalue weighted by molar-refractivity contribution is 0.103. The van der Waals surface area contributed by atoms with Gasteiger partial charge in [0.05, 0.1) is 6.10 Å².